The topological polar surface area (TPSA) is 64.0 Å². The van der Waals surface area contributed by atoms with Crippen LogP contribution in [0.15, 0.2) is 65.7 Å². The van der Waals surface area contributed by atoms with Gasteiger partial charge in [0.2, 0.25) is 10.0 Å². The standard InChI is InChI=1S/C22H24FN3O2S/c23-19-12-10-17(11-13-19)14-15-24-29(27,28)21-16-26(20-8-4-5-9-20)25-22(21)18-6-2-1-3-7-18/h1-3,6-7,10-13,16,20,24H,4-5,8-9,14-15H2. The van der Waals surface area contributed by atoms with Gasteiger partial charge < -0.3 is 0 Å². The van der Waals surface area contributed by atoms with Gasteiger partial charge >= 0.3 is 0 Å². The summed E-state index contributed by atoms with van der Waals surface area (Å²) in [5.41, 5.74) is 2.13. The van der Waals surface area contributed by atoms with Gasteiger partial charge in [-0.3, -0.25) is 4.68 Å². The Balaban J connectivity index is 1.58. The largest absolute Gasteiger partial charge is 0.268 e. The zero-order valence-electron chi connectivity index (χ0n) is 16.1. The molecule has 0 saturated heterocycles. The van der Waals surface area contributed by atoms with Crippen molar-refractivity contribution >= 4 is 10.0 Å². The van der Waals surface area contributed by atoms with E-state index in [9.17, 15) is 12.8 Å². The predicted octanol–water partition coefficient (Wildman–Crippen LogP) is 4.33. The molecular weight excluding hydrogens is 389 g/mol. The molecule has 2 aromatic carbocycles. The first-order valence-electron chi connectivity index (χ1n) is 9.91. The van der Waals surface area contributed by atoms with Gasteiger partial charge in [0, 0.05) is 18.3 Å². The number of hydrogen-bond donors (Lipinski definition) is 1. The van der Waals surface area contributed by atoms with E-state index in [1.807, 2.05) is 35.0 Å². The molecule has 0 spiro atoms. The summed E-state index contributed by atoms with van der Waals surface area (Å²) in [6, 6.07) is 15.7. The zero-order valence-corrected chi connectivity index (χ0v) is 16.9. The number of aromatic nitrogens is 2. The summed E-state index contributed by atoms with van der Waals surface area (Å²) in [5, 5.41) is 4.66. The van der Waals surface area contributed by atoms with E-state index in [1.165, 1.54) is 12.1 Å². The molecule has 0 aliphatic heterocycles. The maximum atomic E-state index is 13.1. The van der Waals surface area contributed by atoms with Crippen molar-refractivity contribution in [2.45, 2.75) is 43.0 Å². The predicted molar refractivity (Wildman–Crippen MR) is 110 cm³/mol. The van der Waals surface area contributed by atoms with E-state index in [0.717, 1.165) is 36.8 Å². The Morgan fingerprint density at radius 3 is 2.41 bits per heavy atom. The fourth-order valence-corrected chi connectivity index (χ4v) is 4.97. The van der Waals surface area contributed by atoms with Gasteiger partial charge in [0.05, 0.1) is 6.04 Å². The molecule has 3 aromatic rings. The second kappa shape index (κ2) is 8.47. The fourth-order valence-electron chi connectivity index (χ4n) is 3.78. The smallest absolute Gasteiger partial charge is 0.244 e. The second-order valence-corrected chi connectivity index (χ2v) is 9.14. The molecule has 1 aliphatic rings. The quantitative estimate of drug-likeness (QED) is 0.627. The summed E-state index contributed by atoms with van der Waals surface area (Å²) >= 11 is 0. The number of sulfonamides is 1. The summed E-state index contributed by atoms with van der Waals surface area (Å²) < 4.78 is 43.7. The van der Waals surface area contributed by atoms with E-state index in [0.29, 0.717) is 12.1 Å². The monoisotopic (exact) mass is 413 g/mol. The molecule has 1 N–H and O–H groups in total. The lowest BCUT2D eigenvalue weighted by molar-refractivity contribution is 0.467. The summed E-state index contributed by atoms with van der Waals surface area (Å²) in [4.78, 5) is 0.203. The Hall–Kier alpha value is -2.51. The lowest BCUT2D eigenvalue weighted by Gasteiger charge is -2.08. The third kappa shape index (κ3) is 4.57. The van der Waals surface area contributed by atoms with E-state index >= 15 is 0 Å². The Labute approximate surface area is 170 Å². The van der Waals surface area contributed by atoms with E-state index in [1.54, 1.807) is 18.3 Å². The number of nitrogens with one attached hydrogen (secondary N) is 1. The van der Waals surface area contributed by atoms with Crippen molar-refractivity contribution in [2.24, 2.45) is 0 Å². The first-order valence-corrected chi connectivity index (χ1v) is 11.4. The molecule has 0 unspecified atom stereocenters. The molecule has 1 aliphatic carbocycles. The van der Waals surface area contributed by atoms with Gasteiger partial charge in [-0.25, -0.2) is 17.5 Å². The molecule has 1 heterocycles. The van der Waals surface area contributed by atoms with Gasteiger partial charge in [-0.2, -0.15) is 5.10 Å². The van der Waals surface area contributed by atoms with Crippen LogP contribution in [0.4, 0.5) is 4.39 Å². The van der Waals surface area contributed by atoms with Crippen molar-refractivity contribution in [3.8, 4) is 11.3 Å². The van der Waals surface area contributed by atoms with Crippen LogP contribution in [0.3, 0.4) is 0 Å². The first-order chi connectivity index (χ1) is 14.0. The molecule has 1 fully saturated rings. The number of rotatable bonds is 7. The van der Waals surface area contributed by atoms with Gasteiger partial charge in [0.1, 0.15) is 16.4 Å². The lowest BCUT2D eigenvalue weighted by Crippen LogP contribution is -2.26. The average molecular weight is 414 g/mol. The highest BCUT2D eigenvalue weighted by atomic mass is 32.2. The third-order valence-electron chi connectivity index (χ3n) is 5.35. The minimum absolute atomic E-state index is 0.203. The van der Waals surface area contributed by atoms with Crippen LogP contribution < -0.4 is 4.72 Å². The van der Waals surface area contributed by atoms with Crippen LogP contribution in [0.2, 0.25) is 0 Å². The zero-order chi connectivity index (χ0) is 20.3. The summed E-state index contributed by atoms with van der Waals surface area (Å²) in [6.45, 7) is 0.233. The van der Waals surface area contributed by atoms with Crippen LogP contribution in [-0.4, -0.2) is 24.7 Å². The molecule has 7 heteroatoms. The molecule has 29 heavy (non-hydrogen) atoms. The van der Waals surface area contributed by atoms with Crippen molar-refractivity contribution in [2.75, 3.05) is 6.54 Å². The molecule has 1 saturated carbocycles. The van der Waals surface area contributed by atoms with E-state index in [4.69, 9.17) is 0 Å². The summed E-state index contributed by atoms with van der Waals surface area (Å²) in [5.74, 6) is -0.304. The highest BCUT2D eigenvalue weighted by molar-refractivity contribution is 7.89. The van der Waals surface area contributed by atoms with Crippen LogP contribution in [-0.2, 0) is 16.4 Å². The van der Waals surface area contributed by atoms with Crippen molar-refractivity contribution in [3.05, 3.63) is 72.2 Å². The van der Waals surface area contributed by atoms with Crippen molar-refractivity contribution < 1.29 is 12.8 Å². The maximum absolute atomic E-state index is 13.1. The Bertz CT molecular complexity index is 1060. The molecule has 0 amide bonds. The molecule has 1 aromatic heterocycles. The molecule has 5 nitrogen and oxygen atoms in total. The molecule has 0 radical (unpaired) electrons. The summed E-state index contributed by atoms with van der Waals surface area (Å²) in [6.07, 6.45) is 6.47. The molecule has 0 atom stereocenters. The second-order valence-electron chi connectivity index (χ2n) is 7.40. The van der Waals surface area contributed by atoms with Crippen LogP contribution in [0.1, 0.15) is 37.3 Å². The third-order valence-corrected chi connectivity index (χ3v) is 6.81. The molecule has 152 valence electrons. The number of nitrogens with zero attached hydrogens (tertiary/aromatic N) is 2. The molecule has 0 bridgehead atoms. The average Bonchev–Trinajstić information content (AvgIpc) is 3.40. The number of halogens is 1. The Morgan fingerprint density at radius 2 is 1.72 bits per heavy atom. The van der Waals surface area contributed by atoms with Gasteiger partial charge in [0.15, 0.2) is 0 Å². The normalized spacial score (nSPS) is 15.1. The van der Waals surface area contributed by atoms with Gasteiger partial charge in [-0.05, 0) is 37.0 Å². The van der Waals surface area contributed by atoms with Gasteiger partial charge in [-0.15, -0.1) is 0 Å². The van der Waals surface area contributed by atoms with Crippen LogP contribution >= 0.6 is 0 Å². The Kier molecular flexibility index (Phi) is 5.78. The lowest BCUT2D eigenvalue weighted by atomic mass is 10.1. The highest BCUT2D eigenvalue weighted by Gasteiger charge is 2.26. The van der Waals surface area contributed by atoms with Crippen LogP contribution in [0, 0.1) is 5.82 Å². The van der Waals surface area contributed by atoms with E-state index in [-0.39, 0.29) is 23.3 Å². The van der Waals surface area contributed by atoms with E-state index in [2.05, 4.69) is 9.82 Å². The minimum Gasteiger partial charge on any atom is -0.268 e. The number of hydrogen-bond acceptors (Lipinski definition) is 3. The van der Waals surface area contributed by atoms with Crippen LogP contribution in [0.5, 0.6) is 0 Å². The van der Waals surface area contributed by atoms with Crippen molar-refractivity contribution in [1.29, 1.82) is 0 Å². The van der Waals surface area contributed by atoms with E-state index < -0.39 is 10.0 Å². The maximum Gasteiger partial charge on any atom is 0.244 e. The molecular formula is C22H24FN3O2S. The van der Waals surface area contributed by atoms with Gasteiger partial charge in [0.25, 0.3) is 0 Å². The highest BCUT2D eigenvalue weighted by Crippen LogP contribution is 2.33. The van der Waals surface area contributed by atoms with Crippen molar-refractivity contribution in [1.82, 2.24) is 14.5 Å². The van der Waals surface area contributed by atoms with Gasteiger partial charge in [-0.1, -0.05) is 55.3 Å². The fraction of sp³-hybridized carbons (Fsp3) is 0.318. The first kappa shape index (κ1) is 19.8. The summed E-state index contributed by atoms with van der Waals surface area (Å²) in [7, 11) is -3.73. The Morgan fingerprint density at radius 1 is 1.03 bits per heavy atom. The SMILES string of the molecule is O=S(=O)(NCCc1ccc(F)cc1)c1cn(C2CCCC2)nc1-c1ccccc1. The van der Waals surface area contributed by atoms with Crippen LogP contribution in [0.25, 0.3) is 11.3 Å². The minimum atomic E-state index is -3.73. The molecule has 4 rings (SSSR count). The van der Waals surface area contributed by atoms with Crippen molar-refractivity contribution in [3.63, 3.8) is 0 Å². The number of benzene rings is 2.